The van der Waals surface area contributed by atoms with Crippen molar-refractivity contribution in [3.05, 3.63) is 53.8 Å². The van der Waals surface area contributed by atoms with Gasteiger partial charge in [0.1, 0.15) is 11.6 Å². The maximum absolute atomic E-state index is 13.5. The van der Waals surface area contributed by atoms with Crippen LogP contribution in [0, 0.1) is 5.82 Å². The number of halogens is 4. The minimum absolute atomic E-state index is 0.0893. The Hall–Kier alpha value is -2.57. The quantitative estimate of drug-likeness (QED) is 0.867. The van der Waals surface area contributed by atoms with E-state index >= 15 is 0 Å². The molecule has 0 saturated carbocycles. The first-order valence-corrected chi connectivity index (χ1v) is 6.11. The molecule has 0 spiro atoms. The largest absolute Gasteiger partial charge is 0.573 e. The summed E-state index contributed by atoms with van der Waals surface area (Å²) in [5.74, 6) is -2.42. The van der Waals surface area contributed by atoms with Crippen molar-refractivity contribution in [1.82, 2.24) is 0 Å². The van der Waals surface area contributed by atoms with Crippen LogP contribution in [0.2, 0.25) is 0 Å². The molecule has 0 amide bonds. The highest BCUT2D eigenvalue weighted by molar-refractivity contribution is 5.74. The van der Waals surface area contributed by atoms with E-state index < -0.39 is 30.3 Å². The summed E-state index contributed by atoms with van der Waals surface area (Å²) in [7, 11) is 0. The summed E-state index contributed by atoms with van der Waals surface area (Å²) in [5.41, 5.74) is 0.204. The highest BCUT2D eigenvalue weighted by Crippen LogP contribution is 2.34. The molecular formula is C15H10F4O3. The monoisotopic (exact) mass is 314 g/mol. The van der Waals surface area contributed by atoms with Crippen LogP contribution in [-0.2, 0) is 11.2 Å². The molecule has 1 N–H and O–H groups in total. The summed E-state index contributed by atoms with van der Waals surface area (Å²) >= 11 is 0. The Balaban J connectivity index is 2.46. The standard InChI is InChI=1S/C15H10F4O3/c16-12-6-5-9(7-10(12)8-14(20)21)11-3-1-2-4-13(11)22-15(17,18)19/h1-7H,8H2,(H,20,21). The molecule has 0 fully saturated rings. The number of ether oxygens (including phenoxy) is 1. The highest BCUT2D eigenvalue weighted by atomic mass is 19.4. The van der Waals surface area contributed by atoms with Gasteiger partial charge in [0, 0.05) is 5.56 Å². The van der Waals surface area contributed by atoms with Crippen LogP contribution in [0.5, 0.6) is 5.75 Å². The Labute approximate surface area is 122 Å². The van der Waals surface area contributed by atoms with Crippen molar-refractivity contribution in [2.75, 3.05) is 0 Å². The van der Waals surface area contributed by atoms with E-state index in [0.717, 1.165) is 12.1 Å². The highest BCUT2D eigenvalue weighted by Gasteiger charge is 2.32. The van der Waals surface area contributed by atoms with E-state index in [2.05, 4.69) is 4.74 Å². The van der Waals surface area contributed by atoms with Gasteiger partial charge in [-0.05, 0) is 29.3 Å². The lowest BCUT2D eigenvalue weighted by atomic mass is 10.0. The molecule has 0 aromatic heterocycles. The van der Waals surface area contributed by atoms with Gasteiger partial charge < -0.3 is 9.84 Å². The fourth-order valence-electron chi connectivity index (χ4n) is 1.96. The van der Waals surface area contributed by atoms with Crippen molar-refractivity contribution in [3.63, 3.8) is 0 Å². The van der Waals surface area contributed by atoms with Gasteiger partial charge in [-0.2, -0.15) is 0 Å². The Bertz CT molecular complexity index is 695. The molecule has 0 saturated heterocycles. The second kappa shape index (κ2) is 6.05. The molecular weight excluding hydrogens is 304 g/mol. The minimum Gasteiger partial charge on any atom is -0.481 e. The van der Waals surface area contributed by atoms with Gasteiger partial charge in [-0.25, -0.2) is 4.39 Å². The molecule has 0 unspecified atom stereocenters. The first-order valence-electron chi connectivity index (χ1n) is 6.11. The van der Waals surface area contributed by atoms with Crippen LogP contribution in [0.25, 0.3) is 11.1 Å². The van der Waals surface area contributed by atoms with Crippen LogP contribution in [0.4, 0.5) is 17.6 Å². The molecule has 0 atom stereocenters. The third-order valence-corrected chi connectivity index (χ3v) is 2.81. The number of aliphatic carboxylic acids is 1. The molecule has 0 bridgehead atoms. The van der Waals surface area contributed by atoms with Crippen LogP contribution in [0.15, 0.2) is 42.5 Å². The normalized spacial score (nSPS) is 11.3. The van der Waals surface area contributed by atoms with Gasteiger partial charge in [0.05, 0.1) is 6.42 Å². The van der Waals surface area contributed by atoms with E-state index in [1.165, 1.54) is 30.3 Å². The van der Waals surface area contributed by atoms with Gasteiger partial charge >= 0.3 is 12.3 Å². The Morgan fingerprint density at radius 3 is 2.45 bits per heavy atom. The summed E-state index contributed by atoms with van der Waals surface area (Å²) < 4.78 is 54.6. The number of hydrogen-bond acceptors (Lipinski definition) is 2. The number of rotatable bonds is 4. The van der Waals surface area contributed by atoms with E-state index in [0.29, 0.717) is 0 Å². The van der Waals surface area contributed by atoms with E-state index in [1.807, 2.05) is 0 Å². The average molecular weight is 314 g/mol. The maximum atomic E-state index is 13.5. The fraction of sp³-hybridized carbons (Fsp3) is 0.133. The molecule has 7 heteroatoms. The lowest BCUT2D eigenvalue weighted by Gasteiger charge is -2.14. The van der Waals surface area contributed by atoms with Crippen LogP contribution in [0.1, 0.15) is 5.56 Å². The molecule has 22 heavy (non-hydrogen) atoms. The topological polar surface area (TPSA) is 46.5 Å². The van der Waals surface area contributed by atoms with E-state index in [4.69, 9.17) is 5.11 Å². The number of carboxylic acid groups (broad SMARTS) is 1. The molecule has 0 aliphatic rings. The second-order valence-corrected chi connectivity index (χ2v) is 4.42. The SMILES string of the molecule is O=C(O)Cc1cc(-c2ccccc2OC(F)(F)F)ccc1F. The summed E-state index contributed by atoms with van der Waals surface area (Å²) in [6, 6.07) is 8.84. The fourth-order valence-corrected chi connectivity index (χ4v) is 1.96. The van der Waals surface area contributed by atoms with Gasteiger partial charge in [0.25, 0.3) is 0 Å². The molecule has 0 radical (unpaired) electrons. The van der Waals surface area contributed by atoms with Gasteiger partial charge in [0.2, 0.25) is 0 Å². The number of carboxylic acids is 1. The Morgan fingerprint density at radius 1 is 1.14 bits per heavy atom. The summed E-state index contributed by atoms with van der Waals surface area (Å²) in [6.07, 6.45) is -5.43. The van der Waals surface area contributed by atoms with E-state index in [1.54, 1.807) is 0 Å². The van der Waals surface area contributed by atoms with Crippen LogP contribution in [0.3, 0.4) is 0 Å². The molecule has 3 nitrogen and oxygen atoms in total. The van der Waals surface area contributed by atoms with Crippen molar-refractivity contribution >= 4 is 5.97 Å². The van der Waals surface area contributed by atoms with Crippen molar-refractivity contribution < 1.29 is 32.2 Å². The molecule has 116 valence electrons. The predicted octanol–water partition coefficient (Wildman–Crippen LogP) is 4.02. The van der Waals surface area contributed by atoms with Gasteiger partial charge in [-0.1, -0.05) is 24.3 Å². The number of alkyl halides is 3. The third-order valence-electron chi connectivity index (χ3n) is 2.81. The van der Waals surface area contributed by atoms with Gasteiger partial charge in [0.15, 0.2) is 0 Å². The molecule has 2 rings (SSSR count). The molecule has 2 aromatic rings. The Morgan fingerprint density at radius 2 is 1.82 bits per heavy atom. The van der Waals surface area contributed by atoms with Gasteiger partial charge in [-0.15, -0.1) is 13.2 Å². The summed E-state index contributed by atoms with van der Waals surface area (Å²) in [5, 5.41) is 8.72. The molecule has 0 heterocycles. The summed E-state index contributed by atoms with van der Waals surface area (Å²) in [4.78, 5) is 10.7. The minimum atomic E-state index is -4.86. The van der Waals surface area contributed by atoms with E-state index in [9.17, 15) is 22.4 Å². The first kappa shape index (κ1) is 15.8. The number of benzene rings is 2. The van der Waals surface area contributed by atoms with Crippen LogP contribution >= 0.6 is 0 Å². The molecule has 0 aliphatic heterocycles. The number of carbonyl (C=O) groups is 1. The zero-order valence-electron chi connectivity index (χ0n) is 11.0. The smallest absolute Gasteiger partial charge is 0.481 e. The van der Waals surface area contributed by atoms with Crippen LogP contribution < -0.4 is 4.74 Å². The lowest BCUT2D eigenvalue weighted by Crippen LogP contribution is -2.17. The Kier molecular flexibility index (Phi) is 4.35. The third kappa shape index (κ3) is 3.97. The summed E-state index contributed by atoms with van der Waals surface area (Å²) in [6.45, 7) is 0. The number of para-hydroxylation sites is 1. The van der Waals surface area contributed by atoms with Crippen molar-refractivity contribution in [1.29, 1.82) is 0 Å². The van der Waals surface area contributed by atoms with Gasteiger partial charge in [-0.3, -0.25) is 4.79 Å². The van der Waals surface area contributed by atoms with Crippen molar-refractivity contribution in [2.24, 2.45) is 0 Å². The lowest BCUT2D eigenvalue weighted by molar-refractivity contribution is -0.274. The second-order valence-electron chi connectivity index (χ2n) is 4.42. The van der Waals surface area contributed by atoms with Crippen molar-refractivity contribution in [2.45, 2.75) is 12.8 Å². The average Bonchev–Trinajstić information content (AvgIpc) is 2.40. The predicted molar refractivity (Wildman–Crippen MR) is 69.9 cm³/mol. The first-order chi connectivity index (χ1) is 10.3. The molecule has 2 aromatic carbocycles. The maximum Gasteiger partial charge on any atom is 0.573 e. The number of hydrogen-bond donors (Lipinski definition) is 1. The zero-order chi connectivity index (χ0) is 16.3. The van der Waals surface area contributed by atoms with E-state index in [-0.39, 0.29) is 16.7 Å². The van der Waals surface area contributed by atoms with Crippen molar-refractivity contribution in [3.8, 4) is 16.9 Å². The zero-order valence-corrected chi connectivity index (χ0v) is 11.0. The molecule has 0 aliphatic carbocycles. The van der Waals surface area contributed by atoms with Crippen LogP contribution in [-0.4, -0.2) is 17.4 Å².